The molecule has 1 heterocycles. The molecule has 0 saturated heterocycles. The molecule has 0 aliphatic heterocycles. The summed E-state index contributed by atoms with van der Waals surface area (Å²) in [6, 6.07) is 9.64. The number of carbonyl (C=O) groups excluding carboxylic acids is 1. The van der Waals surface area contributed by atoms with E-state index in [1.54, 1.807) is 4.68 Å². The maximum absolute atomic E-state index is 12.4. The number of carbonyl (C=O) groups is 1. The monoisotopic (exact) mass is 374 g/mol. The zero-order valence-electron chi connectivity index (χ0n) is 15.5. The highest BCUT2D eigenvalue weighted by molar-refractivity contribution is 7.99. The summed E-state index contributed by atoms with van der Waals surface area (Å²) in [5.74, 6) is 1.61. The van der Waals surface area contributed by atoms with Crippen molar-refractivity contribution in [1.82, 2.24) is 20.2 Å². The zero-order valence-corrected chi connectivity index (χ0v) is 16.4. The van der Waals surface area contributed by atoms with Crippen LogP contribution in [-0.2, 0) is 9.53 Å². The molecule has 7 heteroatoms. The molecule has 6 nitrogen and oxygen atoms in total. The van der Waals surface area contributed by atoms with Crippen LogP contribution < -0.4 is 0 Å². The molecule has 26 heavy (non-hydrogen) atoms. The fraction of sp³-hybridized carbons (Fsp3) is 0.579. The number of hydrogen-bond donors (Lipinski definition) is 0. The second-order valence-electron chi connectivity index (χ2n) is 7.35. The molecule has 2 aromatic rings. The van der Waals surface area contributed by atoms with Gasteiger partial charge in [0, 0.05) is 0 Å². The number of rotatable bonds is 6. The average molecular weight is 375 g/mol. The Morgan fingerprint density at radius 1 is 1.31 bits per heavy atom. The molecule has 1 aliphatic rings. The topological polar surface area (TPSA) is 69.9 Å². The quantitative estimate of drug-likeness (QED) is 0.566. The molecule has 0 spiro atoms. The normalized spacial score (nSPS) is 23.2. The van der Waals surface area contributed by atoms with Gasteiger partial charge < -0.3 is 4.74 Å². The van der Waals surface area contributed by atoms with Gasteiger partial charge in [0.2, 0.25) is 5.16 Å². The van der Waals surface area contributed by atoms with E-state index in [4.69, 9.17) is 4.74 Å². The highest BCUT2D eigenvalue weighted by Crippen LogP contribution is 2.35. The van der Waals surface area contributed by atoms with E-state index in [0.29, 0.717) is 22.9 Å². The lowest BCUT2D eigenvalue weighted by molar-refractivity contribution is -0.152. The van der Waals surface area contributed by atoms with Crippen molar-refractivity contribution < 1.29 is 9.53 Å². The molecule has 140 valence electrons. The molecule has 0 N–H and O–H groups in total. The number of hydrogen-bond acceptors (Lipinski definition) is 6. The molecule has 1 fully saturated rings. The van der Waals surface area contributed by atoms with Gasteiger partial charge in [0.05, 0.1) is 11.4 Å². The van der Waals surface area contributed by atoms with Gasteiger partial charge in [0.15, 0.2) is 0 Å². The van der Waals surface area contributed by atoms with E-state index in [9.17, 15) is 4.79 Å². The van der Waals surface area contributed by atoms with Crippen molar-refractivity contribution >= 4 is 17.7 Å². The van der Waals surface area contributed by atoms with Crippen LogP contribution in [0.5, 0.6) is 0 Å². The van der Waals surface area contributed by atoms with Gasteiger partial charge in [-0.15, -0.1) is 5.10 Å². The maximum atomic E-state index is 12.4. The Balaban J connectivity index is 1.59. The van der Waals surface area contributed by atoms with E-state index in [2.05, 4.69) is 36.3 Å². The Labute approximate surface area is 158 Å². The molecule has 0 unspecified atom stereocenters. The lowest BCUT2D eigenvalue weighted by atomic mass is 9.75. The van der Waals surface area contributed by atoms with Gasteiger partial charge in [-0.3, -0.25) is 4.79 Å². The second-order valence-corrected chi connectivity index (χ2v) is 8.29. The van der Waals surface area contributed by atoms with Gasteiger partial charge in [0.25, 0.3) is 0 Å². The summed E-state index contributed by atoms with van der Waals surface area (Å²) in [5.41, 5.74) is 0.870. The van der Waals surface area contributed by atoms with Crippen molar-refractivity contribution in [3.63, 3.8) is 0 Å². The molecule has 0 radical (unpaired) electrons. The summed E-state index contributed by atoms with van der Waals surface area (Å²) in [7, 11) is 0. The minimum Gasteiger partial charge on any atom is -0.461 e. The van der Waals surface area contributed by atoms with Crippen molar-refractivity contribution in [3.05, 3.63) is 30.3 Å². The Bertz CT molecular complexity index is 719. The van der Waals surface area contributed by atoms with Crippen LogP contribution in [-0.4, -0.2) is 38.0 Å². The molecule has 1 aromatic heterocycles. The van der Waals surface area contributed by atoms with Crippen molar-refractivity contribution in [1.29, 1.82) is 0 Å². The van der Waals surface area contributed by atoms with Crippen LogP contribution in [0.4, 0.5) is 0 Å². The van der Waals surface area contributed by atoms with E-state index in [0.717, 1.165) is 18.5 Å². The number of nitrogens with zero attached hydrogens (tertiary/aromatic N) is 4. The van der Waals surface area contributed by atoms with Crippen LogP contribution in [0.1, 0.15) is 40.0 Å². The second kappa shape index (κ2) is 8.66. The molecule has 1 aliphatic carbocycles. The third-order valence-electron chi connectivity index (χ3n) is 5.00. The summed E-state index contributed by atoms with van der Waals surface area (Å²) < 4.78 is 7.48. The Hall–Kier alpha value is -1.89. The SMILES string of the molecule is CC(C)[C@@H]1CC[C@@H](C)C[C@H]1OC(=O)CSc1nnnn1-c1ccccc1. The lowest BCUT2D eigenvalue weighted by Gasteiger charge is -2.36. The first-order chi connectivity index (χ1) is 12.5. The minimum absolute atomic E-state index is 0.0250. The van der Waals surface area contributed by atoms with E-state index in [-0.39, 0.29) is 17.8 Å². The molecule has 1 aromatic carbocycles. The largest absolute Gasteiger partial charge is 0.461 e. The predicted octanol–water partition coefficient (Wildman–Crippen LogP) is 3.76. The Morgan fingerprint density at radius 2 is 2.08 bits per heavy atom. The van der Waals surface area contributed by atoms with E-state index in [1.165, 1.54) is 18.2 Å². The number of aromatic nitrogens is 4. The lowest BCUT2D eigenvalue weighted by Crippen LogP contribution is -2.36. The summed E-state index contributed by atoms with van der Waals surface area (Å²) in [6.45, 7) is 6.66. The Morgan fingerprint density at radius 3 is 2.81 bits per heavy atom. The van der Waals surface area contributed by atoms with Crippen LogP contribution in [0.25, 0.3) is 5.69 Å². The first-order valence-electron chi connectivity index (χ1n) is 9.20. The number of benzene rings is 1. The zero-order chi connectivity index (χ0) is 18.5. The highest BCUT2D eigenvalue weighted by Gasteiger charge is 2.33. The van der Waals surface area contributed by atoms with Crippen LogP contribution in [0.2, 0.25) is 0 Å². The maximum Gasteiger partial charge on any atom is 0.316 e. The van der Waals surface area contributed by atoms with Crippen LogP contribution in [0.15, 0.2) is 35.5 Å². The molecule has 0 bridgehead atoms. The van der Waals surface area contributed by atoms with Gasteiger partial charge in [-0.05, 0) is 53.2 Å². The van der Waals surface area contributed by atoms with Crippen molar-refractivity contribution in [2.75, 3.05) is 5.75 Å². The number of tetrazole rings is 1. The van der Waals surface area contributed by atoms with Gasteiger partial charge in [-0.2, -0.15) is 4.68 Å². The fourth-order valence-corrected chi connectivity index (χ4v) is 4.25. The highest BCUT2D eigenvalue weighted by atomic mass is 32.2. The van der Waals surface area contributed by atoms with Crippen molar-refractivity contribution in [2.45, 2.75) is 51.3 Å². The van der Waals surface area contributed by atoms with Gasteiger partial charge >= 0.3 is 5.97 Å². The van der Waals surface area contributed by atoms with Crippen LogP contribution in [0.3, 0.4) is 0 Å². The first kappa shape index (κ1) is 18.9. The molecular weight excluding hydrogens is 348 g/mol. The standard InChI is InChI=1S/C19H26N4O2S/c1-13(2)16-10-9-14(3)11-17(16)25-18(24)12-26-19-20-21-22-23(19)15-7-5-4-6-8-15/h4-8,13-14,16-17H,9-12H2,1-3H3/t14-,16+,17-/m1/s1. The van der Waals surface area contributed by atoms with E-state index < -0.39 is 0 Å². The van der Waals surface area contributed by atoms with E-state index in [1.807, 2.05) is 30.3 Å². The summed E-state index contributed by atoms with van der Waals surface area (Å²) in [5, 5.41) is 12.3. The molecule has 0 amide bonds. The number of esters is 1. The fourth-order valence-electron chi connectivity index (χ4n) is 3.58. The summed E-state index contributed by atoms with van der Waals surface area (Å²) >= 11 is 1.31. The number of thioether (sulfide) groups is 1. The summed E-state index contributed by atoms with van der Waals surface area (Å²) in [6.07, 6.45) is 3.34. The van der Waals surface area contributed by atoms with Crippen molar-refractivity contribution in [2.24, 2.45) is 17.8 Å². The molecular formula is C19H26N4O2S. The van der Waals surface area contributed by atoms with Crippen molar-refractivity contribution in [3.8, 4) is 5.69 Å². The predicted molar refractivity (Wildman–Crippen MR) is 101 cm³/mol. The third-order valence-corrected chi connectivity index (χ3v) is 5.90. The van der Waals surface area contributed by atoms with Crippen LogP contribution in [0, 0.1) is 17.8 Å². The average Bonchev–Trinajstić information content (AvgIpc) is 3.09. The first-order valence-corrected chi connectivity index (χ1v) is 10.2. The number of ether oxygens (including phenoxy) is 1. The van der Waals surface area contributed by atoms with Crippen LogP contribution >= 0.6 is 11.8 Å². The summed E-state index contributed by atoms with van der Waals surface area (Å²) in [4.78, 5) is 12.4. The molecule has 3 atom stereocenters. The smallest absolute Gasteiger partial charge is 0.316 e. The van der Waals surface area contributed by atoms with Gasteiger partial charge in [-0.25, -0.2) is 0 Å². The molecule has 3 rings (SSSR count). The third kappa shape index (κ3) is 4.63. The molecule has 1 saturated carbocycles. The van der Waals surface area contributed by atoms with E-state index >= 15 is 0 Å². The minimum atomic E-state index is -0.192. The Kier molecular flexibility index (Phi) is 6.29. The van der Waals surface area contributed by atoms with Gasteiger partial charge in [0.1, 0.15) is 6.10 Å². The number of para-hydroxylation sites is 1. The van der Waals surface area contributed by atoms with Gasteiger partial charge in [-0.1, -0.05) is 57.2 Å².